The molecule has 1 amide bonds. The number of hydrogen-bond donors (Lipinski definition) is 1. The molecule has 2 aromatic carbocycles. The Kier molecular flexibility index (Phi) is 5.42. The summed E-state index contributed by atoms with van der Waals surface area (Å²) < 4.78 is 10.6. The van der Waals surface area contributed by atoms with E-state index in [0.29, 0.717) is 46.1 Å². The van der Waals surface area contributed by atoms with Crippen molar-refractivity contribution < 1.29 is 13.9 Å². The van der Waals surface area contributed by atoms with Gasteiger partial charge in [0.15, 0.2) is 5.58 Å². The van der Waals surface area contributed by atoms with Gasteiger partial charge in [-0.2, -0.15) is 0 Å². The third-order valence-electron chi connectivity index (χ3n) is 6.00. The van der Waals surface area contributed by atoms with Crippen LogP contribution in [0.4, 0.5) is 4.79 Å². The first-order chi connectivity index (χ1) is 14.9. The SMILES string of the molecule is O=C(OCc1cc(Cl)cc(Cl)c1)N1CC2CN(Cc3ccc4[nH]c(=O)oc4c3)CC2C1. The molecule has 0 aliphatic carbocycles. The Morgan fingerprint density at radius 2 is 1.74 bits per heavy atom. The van der Waals surface area contributed by atoms with Crippen LogP contribution in [0, 0.1) is 11.8 Å². The molecule has 1 aromatic heterocycles. The first kappa shape index (κ1) is 20.4. The molecule has 3 heterocycles. The third-order valence-corrected chi connectivity index (χ3v) is 6.43. The minimum atomic E-state index is -0.437. The summed E-state index contributed by atoms with van der Waals surface area (Å²) in [5.41, 5.74) is 3.16. The van der Waals surface area contributed by atoms with Crippen LogP contribution in [0.2, 0.25) is 10.0 Å². The van der Waals surface area contributed by atoms with E-state index in [4.69, 9.17) is 32.4 Å². The number of likely N-dealkylation sites (tertiary alicyclic amines) is 2. The Labute approximate surface area is 188 Å². The Balaban J connectivity index is 1.14. The first-order valence-electron chi connectivity index (χ1n) is 10.1. The van der Waals surface area contributed by atoms with Gasteiger partial charge in [-0.3, -0.25) is 9.88 Å². The van der Waals surface area contributed by atoms with Crippen LogP contribution in [0.25, 0.3) is 11.1 Å². The number of aromatic nitrogens is 1. The van der Waals surface area contributed by atoms with Crippen molar-refractivity contribution in [3.05, 3.63) is 68.1 Å². The van der Waals surface area contributed by atoms with Crippen molar-refractivity contribution in [1.82, 2.24) is 14.8 Å². The number of hydrogen-bond acceptors (Lipinski definition) is 5. The summed E-state index contributed by atoms with van der Waals surface area (Å²) in [4.78, 5) is 30.7. The summed E-state index contributed by atoms with van der Waals surface area (Å²) in [6.45, 7) is 4.18. The second-order valence-electron chi connectivity index (χ2n) is 8.30. The van der Waals surface area contributed by atoms with E-state index < -0.39 is 5.76 Å². The van der Waals surface area contributed by atoms with Crippen LogP contribution in [-0.4, -0.2) is 47.1 Å². The van der Waals surface area contributed by atoms with Gasteiger partial charge in [-0.15, -0.1) is 0 Å². The number of rotatable bonds is 4. The van der Waals surface area contributed by atoms with E-state index >= 15 is 0 Å². The van der Waals surface area contributed by atoms with Crippen LogP contribution in [0.1, 0.15) is 11.1 Å². The Morgan fingerprint density at radius 1 is 1.03 bits per heavy atom. The number of carbonyl (C=O) groups excluding carboxylic acids is 1. The van der Waals surface area contributed by atoms with E-state index in [1.165, 1.54) is 0 Å². The molecule has 2 saturated heterocycles. The molecule has 7 nitrogen and oxygen atoms in total. The zero-order chi connectivity index (χ0) is 21.5. The lowest BCUT2D eigenvalue weighted by Crippen LogP contribution is -2.33. The standard InChI is InChI=1S/C22H21Cl2N3O4/c23-17-3-14(4-18(24)6-17)12-30-22(29)27-10-15-8-26(9-16(15)11-27)7-13-1-2-19-20(5-13)31-21(28)25-19/h1-6,15-16H,7-12H2,(H,25,28). The van der Waals surface area contributed by atoms with Gasteiger partial charge in [0.1, 0.15) is 6.61 Å². The number of fused-ring (bicyclic) bond motifs is 2. The van der Waals surface area contributed by atoms with Gasteiger partial charge in [-0.25, -0.2) is 9.59 Å². The number of nitrogens with zero attached hydrogens (tertiary/aromatic N) is 2. The maximum Gasteiger partial charge on any atom is 0.417 e. The quantitative estimate of drug-likeness (QED) is 0.631. The molecule has 31 heavy (non-hydrogen) atoms. The van der Waals surface area contributed by atoms with E-state index in [9.17, 15) is 9.59 Å². The fourth-order valence-corrected chi connectivity index (χ4v) is 5.22. The van der Waals surface area contributed by atoms with E-state index in [-0.39, 0.29) is 12.7 Å². The monoisotopic (exact) mass is 461 g/mol. The van der Waals surface area contributed by atoms with Crippen molar-refractivity contribution in [2.24, 2.45) is 11.8 Å². The van der Waals surface area contributed by atoms with Crippen LogP contribution in [0.5, 0.6) is 0 Å². The van der Waals surface area contributed by atoms with Crippen LogP contribution < -0.4 is 5.76 Å². The summed E-state index contributed by atoms with van der Waals surface area (Å²) in [7, 11) is 0. The summed E-state index contributed by atoms with van der Waals surface area (Å²) in [6.07, 6.45) is -0.301. The predicted molar refractivity (Wildman–Crippen MR) is 117 cm³/mol. The van der Waals surface area contributed by atoms with Crippen LogP contribution >= 0.6 is 23.2 Å². The lowest BCUT2D eigenvalue weighted by molar-refractivity contribution is 0.0997. The molecule has 0 bridgehead atoms. The molecular formula is C22H21Cl2N3O4. The average Bonchev–Trinajstić information content (AvgIpc) is 3.37. The maximum atomic E-state index is 12.5. The van der Waals surface area contributed by atoms with Gasteiger partial charge in [0, 0.05) is 42.8 Å². The molecule has 3 aromatic rings. The lowest BCUT2D eigenvalue weighted by Gasteiger charge is -2.21. The topological polar surface area (TPSA) is 78.8 Å². The Morgan fingerprint density at radius 3 is 2.45 bits per heavy atom. The van der Waals surface area contributed by atoms with E-state index in [0.717, 1.165) is 30.8 Å². The fourth-order valence-electron chi connectivity index (χ4n) is 4.65. The van der Waals surface area contributed by atoms with Crippen LogP contribution in [0.15, 0.2) is 45.6 Å². The van der Waals surface area contributed by atoms with Crippen molar-refractivity contribution in [1.29, 1.82) is 0 Å². The molecule has 0 radical (unpaired) electrons. The van der Waals surface area contributed by atoms with Crippen LogP contribution in [-0.2, 0) is 17.9 Å². The van der Waals surface area contributed by atoms with Crippen molar-refractivity contribution in [2.45, 2.75) is 13.2 Å². The van der Waals surface area contributed by atoms with Gasteiger partial charge in [0.25, 0.3) is 0 Å². The zero-order valence-electron chi connectivity index (χ0n) is 16.6. The molecule has 2 aliphatic heterocycles. The molecule has 2 fully saturated rings. The third kappa shape index (κ3) is 4.44. The van der Waals surface area contributed by atoms with Gasteiger partial charge in [-0.05, 0) is 53.3 Å². The minimum absolute atomic E-state index is 0.148. The molecule has 0 spiro atoms. The summed E-state index contributed by atoms with van der Waals surface area (Å²) >= 11 is 12.0. The number of aromatic amines is 1. The molecule has 1 N–H and O–H groups in total. The van der Waals surface area contributed by atoms with Gasteiger partial charge < -0.3 is 14.1 Å². The highest BCUT2D eigenvalue weighted by molar-refractivity contribution is 6.34. The Bertz CT molecular complexity index is 1160. The molecule has 9 heteroatoms. The summed E-state index contributed by atoms with van der Waals surface area (Å²) in [5.74, 6) is 0.428. The second kappa shape index (κ2) is 8.22. The molecule has 2 unspecified atom stereocenters. The smallest absolute Gasteiger partial charge is 0.417 e. The number of ether oxygens (including phenoxy) is 1. The number of H-pyrrole nitrogens is 1. The predicted octanol–water partition coefficient (Wildman–Crippen LogP) is 4.13. The van der Waals surface area contributed by atoms with E-state index in [2.05, 4.69) is 9.88 Å². The van der Waals surface area contributed by atoms with Gasteiger partial charge in [-0.1, -0.05) is 29.3 Å². The lowest BCUT2D eigenvalue weighted by atomic mass is 10.0. The van der Waals surface area contributed by atoms with Crippen LogP contribution in [0.3, 0.4) is 0 Å². The molecule has 2 atom stereocenters. The van der Waals surface area contributed by atoms with Gasteiger partial charge in [0.05, 0.1) is 5.52 Å². The molecule has 5 rings (SSSR count). The second-order valence-corrected chi connectivity index (χ2v) is 9.17. The molecule has 162 valence electrons. The average molecular weight is 462 g/mol. The first-order valence-corrected chi connectivity index (χ1v) is 10.9. The van der Waals surface area contributed by atoms with Gasteiger partial charge in [0.2, 0.25) is 0 Å². The van der Waals surface area contributed by atoms with Gasteiger partial charge >= 0.3 is 11.8 Å². The number of nitrogens with one attached hydrogen (secondary N) is 1. The number of benzene rings is 2. The highest BCUT2D eigenvalue weighted by Crippen LogP contribution is 2.32. The highest BCUT2D eigenvalue weighted by atomic mass is 35.5. The number of carbonyl (C=O) groups is 1. The maximum absolute atomic E-state index is 12.5. The highest BCUT2D eigenvalue weighted by Gasteiger charge is 2.42. The van der Waals surface area contributed by atoms with E-state index in [1.807, 2.05) is 18.2 Å². The van der Waals surface area contributed by atoms with Crippen molar-refractivity contribution in [3.63, 3.8) is 0 Å². The molecule has 2 aliphatic rings. The van der Waals surface area contributed by atoms with Crippen molar-refractivity contribution >= 4 is 40.4 Å². The number of amides is 1. The summed E-state index contributed by atoms with van der Waals surface area (Å²) in [5, 5.41) is 1.04. The number of oxazole rings is 1. The molecule has 0 saturated carbocycles. The van der Waals surface area contributed by atoms with Crippen molar-refractivity contribution in [3.8, 4) is 0 Å². The summed E-state index contributed by atoms with van der Waals surface area (Å²) in [6, 6.07) is 10.9. The van der Waals surface area contributed by atoms with Crippen molar-refractivity contribution in [2.75, 3.05) is 26.2 Å². The largest absolute Gasteiger partial charge is 0.445 e. The molecular weight excluding hydrogens is 441 g/mol. The minimum Gasteiger partial charge on any atom is -0.445 e. The fraction of sp³-hybridized carbons (Fsp3) is 0.364. The number of halogens is 2. The van der Waals surface area contributed by atoms with E-state index in [1.54, 1.807) is 23.1 Å². The zero-order valence-corrected chi connectivity index (χ0v) is 18.2. The Hall–Kier alpha value is -2.48. The normalized spacial score (nSPS) is 21.0.